The molecule has 2 rings (SSSR count). The molecule has 7 heteroatoms. The molecule has 0 aliphatic carbocycles. The number of carboxylic acid groups (broad SMARTS) is 1. The van der Waals surface area contributed by atoms with E-state index in [1.165, 1.54) is 18.5 Å². The molecule has 7 nitrogen and oxygen atoms in total. The van der Waals surface area contributed by atoms with Crippen LogP contribution in [-0.4, -0.2) is 33.5 Å². The number of hydrogen-bond donors (Lipinski definition) is 3. The zero-order valence-electron chi connectivity index (χ0n) is 11.0. The van der Waals surface area contributed by atoms with Crippen LogP contribution < -0.4 is 10.9 Å². The van der Waals surface area contributed by atoms with Crippen LogP contribution in [-0.2, 0) is 6.42 Å². The lowest BCUT2D eigenvalue weighted by Gasteiger charge is -2.07. The van der Waals surface area contributed by atoms with Crippen LogP contribution in [0.25, 0.3) is 0 Å². The van der Waals surface area contributed by atoms with Crippen LogP contribution >= 0.6 is 0 Å². The largest absolute Gasteiger partial charge is 0.478 e. The normalized spacial score (nSPS) is 10.1. The Balaban J connectivity index is 1.99. The van der Waals surface area contributed by atoms with E-state index in [1.54, 1.807) is 18.2 Å². The van der Waals surface area contributed by atoms with Crippen molar-refractivity contribution < 1.29 is 14.7 Å². The Hall–Kier alpha value is -2.96. The summed E-state index contributed by atoms with van der Waals surface area (Å²) in [6.45, 7) is 0.207. The molecule has 0 aliphatic heterocycles. The van der Waals surface area contributed by atoms with E-state index in [9.17, 15) is 14.4 Å². The van der Waals surface area contributed by atoms with Gasteiger partial charge in [0.25, 0.3) is 11.5 Å². The third-order valence-electron chi connectivity index (χ3n) is 2.85. The Bertz CT molecular complexity index is 724. The van der Waals surface area contributed by atoms with Gasteiger partial charge in [-0.2, -0.15) is 0 Å². The van der Waals surface area contributed by atoms with Crippen molar-refractivity contribution >= 4 is 11.9 Å². The van der Waals surface area contributed by atoms with E-state index in [1.807, 2.05) is 0 Å². The quantitative estimate of drug-likeness (QED) is 0.738. The molecule has 1 amide bonds. The van der Waals surface area contributed by atoms with Gasteiger partial charge in [-0.15, -0.1) is 0 Å². The van der Waals surface area contributed by atoms with Crippen LogP contribution in [0, 0.1) is 0 Å². The minimum Gasteiger partial charge on any atom is -0.478 e. The summed E-state index contributed by atoms with van der Waals surface area (Å²) in [5, 5.41) is 11.6. The van der Waals surface area contributed by atoms with Gasteiger partial charge in [0, 0.05) is 18.9 Å². The van der Waals surface area contributed by atoms with E-state index in [0.717, 1.165) is 0 Å². The van der Waals surface area contributed by atoms with Crippen LogP contribution in [0.4, 0.5) is 0 Å². The van der Waals surface area contributed by atoms with Gasteiger partial charge < -0.3 is 15.4 Å². The van der Waals surface area contributed by atoms with Gasteiger partial charge in [0.05, 0.1) is 5.56 Å². The molecule has 1 aromatic carbocycles. The second-order valence-electron chi connectivity index (χ2n) is 4.24. The first-order chi connectivity index (χ1) is 10.1. The monoisotopic (exact) mass is 287 g/mol. The number of aromatic nitrogens is 2. The first-order valence-corrected chi connectivity index (χ1v) is 6.22. The van der Waals surface area contributed by atoms with Crippen LogP contribution in [0.5, 0.6) is 0 Å². The summed E-state index contributed by atoms with van der Waals surface area (Å²) in [5.41, 5.74) is 0.0209. The summed E-state index contributed by atoms with van der Waals surface area (Å²) in [4.78, 5) is 40.2. The number of carbonyl (C=O) groups is 2. The molecule has 0 bridgehead atoms. The maximum atomic E-state index is 11.8. The molecular weight excluding hydrogens is 274 g/mol. The van der Waals surface area contributed by atoms with Crippen LogP contribution in [0.2, 0.25) is 0 Å². The minimum atomic E-state index is -1.02. The SMILES string of the molecule is O=C(O)c1ccccc1CCNC(=O)c1ncc[nH]c1=O. The minimum absolute atomic E-state index is 0.197. The van der Waals surface area contributed by atoms with Gasteiger partial charge in [0.2, 0.25) is 0 Å². The summed E-state index contributed by atoms with van der Waals surface area (Å²) in [5.74, 6) is -1.61. The van der Waals surface area contributed by atoms with E-state index in [-0.39, 0.29) is 17.8 Å². The van der Waals surface area contributed by atoms with E-state index in [2.05, 4.69) is 15.3 Å². The second kappa shape index (κ2) is 6.47. The molecule has 0 spiro atoms. The average molecular weight is 287 g/mol. The first-order valence-electron chi connectivity index (χ1n) is 6.22. The summed E-state index contributed by atoms with van der Waals surface area (Å²) >= 11 is 0. The molecule has 0 saturated heterocycles. The van der Waals surface area contributed by atoms with Gasteiger partial charge in [-0.1, -0.05) is 18.2 Å². The van der Waals surface area contributed by atoms with E-state index < -0.39 is 17.4 Å². The molecule has 1 heterocycles. The molecule has 0 unspecified atom stereocenters. The number of carboxylic acids is 1. The van der Waals surface area contributed by atoms with Crippen molar-refractivity contribution in [3.8, 4) is 0 Å². The van der Waals surface area contributed by atoms with Gasteiger partial charge >= 0.3 is 5.97 Å². The number of benzene rings is 1. The number of rotatable bonds is 5. The molecule has 0 fully saturated rings. The summed E-state index contributed by atoms with van der Waals surface area (Å²) in [6.07, 6.45) is 3.00. The van der Waals surface area contributed by atoms with Crippen molar-refractivity contribution in [2.75, 3.05) is 6.54 Å². The number of hydrogen-bond acceptors (Lipinski definition) is 4. The predicted molar refractivity (Wildman–Crippen MR) is 74.3 cm³/mol. The number of aromatic amines is 1. The lowest BCUT2D eigenvalue weighted by molar-refractivity contribution is 0.0695. The summed E-state index contributed by atoms with van der Waals surface area (Å²) < 4.78 is 0. The van der Waals surface area contributed by atoms with Gasteiger partial charge in [-0.25, -0.2) is 9.78 Å². The van der Waals surface area contributed by atoms with Crippen LogP contribution in [0.1, 0.15) is 26.4 Å². The Morgan fingerprint density at radius 2 is 2.05 bits per heavy atom. The third-order valence-corrected chi connectivity index (χ3v) is 2.85. The number of carbonyl (C=O) groups excluding carboxylic acids is 1. The average Bonchev–Trinajstić information content (AvgIpc) is 2.48. The molecular formula is C14H13N3O4. The predicted octanol–water partition coefficient (Wildman–Crippen LogP) is 0.441. The van der Waals surface area contributed by atoms with E-state index in [0.29, 0.717) is 12.0 Å². The van der Waals surface area contributed by atoms with Crippen molar-refractivity contribution in [2.24, 2.45) is 0 Å². The third kappa shape index (κ3) is 3.53. The van der Waals surface area contributed by atoms with Crippen molar-refractivity contribution in [1.82, 2.24) is 15.3 Å². The number of nitrogens with zero attached hydrogens (tertiary/aromatic N) is 1. The second-order valence-corrected chi connectivity index (χ2v) is 4.24. The van der Waals surface area contributed by atoms with Gasteiger partial charge in [-0.3, -0.25) is 9.59 Å². The highest BCUT2D eigenvalue weighted by Gasteiger charge is 2.12. The maximum Gasteiger partial charge on any atom is 0.335 e. The number of nitrogens with one attached hydrogen (secondary N) is 2. The molecule has 2 aromatic rings. The highest BCUT2D eigenvalue weighted by Crippen LogP contribution is 2.08. The lowest BCUT2D eigenvalue weighted by atomic mass is 10.0. The fourth-order valence-electron chi connectivity index (χ4n) is 1.85. The van der Waals surface area contributed by atoms with Crippen molar-refractivity contribution in [3.05, 3.63) is 63.8 Å². The molecule has 3 N–H and O–H groups in total. The molecule has 0 aliphatic rings. The van der Waals surface area contributed by atoms with Crippen molar-refractivity contribution in [3.63, 3.8) is 0 Å². The standard InChI is InChI=1S/C14H13N3O4/c18-12(11-13(19)17-8-7-15-11)16-6-5-9-3-1-2-4-10(9)14(20)21/h1-4,7-8H,5-6H2,(H,16,18)(H,17,19)(H,20,21). The first kappa shape index (κ1) is 14.4. The topological polar surface area (TPSA) is 112 Å². The van der Waals surface area contributed by atoms with Crippen LogP contribution in [0.15, 0.2) is 41.5 Å². The summed E-state index contributed by atoms with van der Waals surface area (Å²) in [6, 6.07) is 6.55. The van der Waals surface area contributed by atoms with Crippen LogP contribution in [0.3, 0.4) is 0 Å². The maximum absolute atomic E-state index is 11.8. The van der Waals surface area contributed by atoms with Crippen molar-refractivity contribution in [2.45, 2.75) is 6.42 Å². The number of amides is 1. The lowest BCUT2D eigenvalue weighted by Crippen LogP contribution is -2.32. The zero-order chi connectivity index (χ0) is 15.2. The van der Waals surface area contributed by atoms with Gasteiger partial charge in [-0.05, 0) is 18.1 Å². The Morgan fingerprint density at radius 3 is 2.76 bits per heavy atom. The van der Waals surface area contributed by atoms with Crippen molar-refractivity contribution in [1.29, 1.82) is 0 Å². The fraction of sp³-hybridized carbons (Fsp3) is 0.143. The fourth-order valence-corrected chi connectivity index (χ4v) is 1.85. The van der Waals surface area contributed by atoms with E-state index in [4.69, 9.17) is 5.11 Å². The van der Waals surface area contributed by atoms with E-state index >= 15 is 0 Å². The molecule has 0 atom stereocenters. The Labute approximate surface area is 119 Å². The smallest absolute Gasteiger partial charge is 0.335 e. The number of H-pyrrole nitrogens is 1. The molecule has 21 heavy (non-hydrogen) atoms. The molecule has 1 aromatic heterocycles. The van der Waals surface area contributed by atoms with Gasteiger partial charge in [0.1, 0.15) is 0 Å². The molecule has 0 saturated carbocycles. The number of aromatic carboxylic acids is 1. The molecule has 108 valence electrons. The zero-order valence-corrected chi connectivity index (χ0v) is 11.0. The highest BCUT2D eigenvalue weighted by molar-refractivity contribution is 5.92. The van der Waals surface area contributed by atoms with Gasteiger partial charge in [0.15, 0.2) is 5.69 Å². The molecule has 0 radical (unpaired) electrons. The Morgan fingerprint density at radius 1 is 1.29 bits per heavy atom. The summed E-state index contributed by atoms with van der Waals surface area (Å²) in [7, 11) is 0. The Kier molecular flexibility index (Phi) is 4.45. The highest BCUT2D eigenvalue weighted by atomic mass is 16.4.